The molecule has 1 aromatic carbocycles. The predicted molar refractivity (Wildman–Crippen MR) is 63.4 cm³/mol. The Labute approximate surface area is 87.7 Å². The van der Waals surface area contributed by atoms with Crippen LogP contribution >= 0.6 is 0 Å². The minimum absolute atomic E-state index is 0.650. The highest BCUT2D eigenvalue weighted by Crippen LogP contribution is 2.12. The lowest BCUT2D eigenvalue weighted by Crippen LogP contribution is -1.96. The monoisotopic (exact) mass is 188 g/mol. The third-order valence-electron chi connectivity index (χ3n) is 2.53. The van der Waals surface area contributed by atoms with Crippen molar-refractivity contribution < 1.29 is 0 Å². The fourth-order valence-electron chi connectivity index (χ4n) is 1.65. The van der Waals surface area contributed by atoms with Crippen LogP contribution in [-0.4, -0.2) is 0 Å². The first kappa shape index (κ1) is 11.0. The molecule has 76 valence electrons. The molecule has 0 aromatic heterocycles. The molecule has 0 bridgehead atoms. The molecule has 1 atom stereocenters. The summed E-state index contributed by atoms with van der Waals surface area (Å²) in [5.74, 6) is 0.650. The normalized spacial score (nSPS) is 14.1. The van der Waals surface area contributed by atoms with Crippen LogP contribution in [0, 0.1) is 5.92 Å². The molecule has 0 spiro atoms. The number of hydrogen-bond donors (Lipinski definition) is 0. The van der Waals surface area contributed by atoms with E-state index in [0.29, 0.717) is 5.92 Å². The fraction of sp³-hybridized carbons (Fsp3) is 0.429. The van der Waals surface area contributed by atoms with Crippen molar-refractivity contribution in [2.75, 3.05) is 0 Å². The van der Waals surface area contributed by atoms with Gasteiger partial charge < -0.3 is 0 Å². The van der Waals surface area contributed by atoms with E-state index in [2.05, 4.69) is 57.2 Å². The van der Waals surface area contributed by atoms with Gasteiger partial charge in [-0.05, 0) is 31.2 Å². The van der Waals surface area contributed by atoms with E-state index in [1.807, 2.05) is 0 Å². The van der Waals surface area contributed by atoms with E-state index < -0.39 is 0 Å². The molecule has 0 aliphatic carbocycles. The van der Waals surface area contributed by atoms with E-state index in [1.54, 1.807) is 0 Å². The summed E-state index contributed by atoms with van der Waals surface area (Å²) in [4.78, 5) is 0. The Bertz CT molecular complexity index is 282. The largest absolute Gasteiger partial charge is 0.0824 e. The van der Waals surface area contributed by atoms with E-state index in [9.17, 15) is 0 Å². The molecule has 1 aromatic rings. The molecule has 14 heavy (non-hydrogen) atoms. The van der Waals surface area contributed by atoms with Crippen LogP contribution in [-0.2, 0) is 6.42 Å². The average molecular weight is 188 g/mol. The summed E-state index contributed by atoms with van der Waals surface area (Å²) in [5.41, 5.74) is 2.92. The average Bonchev–Trinajstić information content (AvgIpc) is 2.19. The predicted octanol–water partition coefficient (Wildman–Crippen LogP) is 4.22. The number of benzene rings is 1. The SMILES string of the molecule is CC/C(C)=C\[C@H](C)Cc1ccccc1. The van der Waals surface area contributed by atoms with E-state index in [1.165, 1.54) is 17.6 Å². The maximum atomic E-state index is 2.38. The molecule has 0 N–H and O–H groups in total. The number of rotatable bonds is 4. The molecule has 0 radical (unpaired) electrons. The molecule has 0 saturated carbocycles. The second-order valence-corrected chi connectivity index (χ2v) is 4.03. The maximum Gasteiger partial charge on any atom is -0.0218 e. The van der Waals surface area contributed by atoms with Gasteiger partial charge in [0.2, 0.25) is 0 Å². The summed E-state index contributed by atoms with van der Waals surface area (Å²) in [7, 11) is 0. The van der Waals surface area contributed by atoms with Crippen molar-refractivity contribution >= 4 is 0 Å². The van der Waals surface area contributed by atoms with Crippen LogP contribution in [0.2, 0.25) is 0 Å². The van der Waals surface area contributed by atoms with Crippen LogP contribution in [0.15, 0.2) is 42.0 Å². The van der Waals surface area contributed by atoms with Crippen LogP contribution in [0.5, 0.6) is 0 Å². The molecule has 0 aliphatic rings. The van der Waals surface area contributed by atoms with Gasteiger partial charge in [0, 0.05) is 0 Å². The van der Waals surface area contributed by atoms with Gasteiger partial charge in [0.25, 0.3) is 0 Å². The van der Waals surface area contributed by atoms with Crippen molar-refractivity contribution in [2.24, 2.45) is 5.92 Å². The quantitative estimate of drug-likeness (QED) is 0.620. The zero-order chi connectivity index (χ0) is 10.4. The standard InChI is InChI=1S/C14H20/c1-4-12(2)10-13(3)11-14-8-6-5-7-9-14/h5-10,13H,4,11H2,1-3H3/b12-10-/t13-/m0/s1. The minimum atomic E-state index is 0.650. The van der Waals surface area contributed by atoms with E-state index >= 15 is 0 Å². The van der Waals surface area contributed by atoms with Gasteiger partial charge in [0.05, 0.1) is 0 Å². The van der Waals surface area contributed by atoms with Gasteiger partial charge in [-0.2, -0.15) is 0 Å². The van der Waals surface area contributed by atoms with Crippen LogP contribution in [0.1, 0.15) is 32.8 Å². The lowest BCUT2D eigenvalue weighted by molar-refractivity contribution is 0.713. The van der Waals surface area contributed by atoms with Crippen molar-refractivity contribution in [3.05, 3.63) is 47.5 Å². The lowest BCUT2D eigenvalue weighted by atomic mass is 9.98. The van der Waals surface area contributed by atoms with Gasteiger partial charge in [0.1, 0.15) is 0 Å². The van der Waals surface area contributed by atoms with Crippen molar-refractivity contribution in [1.82, 2.24) is 0 Å². The van der Waals surface area contributed by atoms with E-state index in [-0.39, 0.29) is 0 Å². The van der Waals surface area contributed by atoms with Gasteiger partial charge in [-0.25, -0.2) is 0 Å². The Balaban J connectivity index is 2.53. The van der Waals surface area contributed by atoms with Crippen LogP contribution in [0.4, 0.5) is 0 Å². The first-order valence-electron chi connectivity index (χ1n) is 5.43. The summed E-state index contributed by atoms with van der Waals surface area (Å²) in [5, 5.41) is 0. The molecule has 0 unspecified atom stereocenters. The smallest absolute Gasteiger partial charge is 0.0218 e. The molecule has 0 nitrogen and oxygen atoms in total. The Morgan fingerprint density at radius 3 is 2.50 bits per heavy atom. The highest BCUT2D eigenvalue weighted by atomic mass is 14.0. The first-order valence-corrected chi connectivity index (χ1v) is 5.43. The molecule has 0 aliphatic heterocycles. The lowest BCUT2D eigenvalue weighted by Gasteiger charge is -2.07. The summed E-state index contributed by atoms with van der Waals surface area (Å²) in [6.45, 7) is 6.70. The summed E-state index contributed by atoms with van der Waals surface area (Å²) in [6.07, 6.45) is 4.70. The second kappa shape index (κ2) is 5.64. The van der Waals surface area contributed by atoms with Gasteiger partial charge in [-0.3, -0.25) is 0 Å². The van der Waals surface area contributed by atoms with Gasteiger partial charge in [0.15, 0.2) is 0 Å². The van der Waals surface area contributed by atoms with Gasteiger partial charge in [-0.1, -0.05) is 55.8 Å². The molecule has 0 heterocycles. The molecular formula is C14H20. The van der Waals surface area contributed by atoms with Crippen molar-refractivity contribution in [3.8, 4) is 0 Å². The fourth-order valence-corrected chi connectivity index (χ4v) is 1.65. The minimum Gasteiger partial charge on any atom is -0.0824 e. The summed E-state index contributed by atoms with van der Waals surface area (Å²) >= 11 is 0. The van der Waals surface area contributed by atoms with Crippen molar-refractivity contribution in [2.45, 2.75) is 33.6 Å². The molecule has 1 rings (SSSR count). The zero-order valence-electron chi connectivity index (χ0n) is 9.46. The maximum absolute atomic E-state index is 2.38. The van der Waals surface area contributed by atoms with Gasteiger partial charge in [-0.15, -0.1) is 0 Å². The first-order chi connectivity index (χ1) is 6.72. The number of hydrogen-bond acceptors (Lipinski definition) is 0. The Morgan fingerprint density at radius 2 is 1.93 bits per heavy atom. The molecular weight excluding hydrogens is 168 g/mol. The summed E-state index contributed by atoms with van der Waals surface area (Å²) < 4.78 is 0. The highest BCUT2D eigenvalue weighted by molar-refractivity contribution is 5.16. The topological polar surface area (TPSA) is 0 Å². The third kappa shape index (κ3) is 3.78. The van der Waals surface area contributed by atoms with Crippen molar-refractivity contribution in [1.29, 1.82) is 0 Å². The van der Waals surface area contributed by atoms with E-state index in [0.717, 1.165) is 6.42 Å². The second-order valence-electron chi connectivity index (χ2n) is 4.03. The Kier molecular flexibility index (Phi) is 4.45. The summed E-state index contributed by atoms with van der Waals surface area (Å²) in [6, 6.07) is 10.7. The molecule has 0 amide bonds. The van der Waals surface area contributed by atoms with Gasteiger partial charge >= 0.3 is 0 Å². The van der Waals surface area contributed by atoms with Crippen LogP contribution < -0.4 is 0 Å². The Hall–Kier alpha value is -1.04. The zero-order valence-corrected chi connectivity index (χ0v) is 9.46. The van der Waals surface area contributed by atoms with E-state index in [4.69, 9.17) is 0 Å². The van der Waals surface area contributed by atoms with Crippen molar-refractivity contribution in [3.63, 3.8) is 0 Å². The van der Waals surface area contributed by atoms with Crippen LogP contribution in [0.3, 0.4) is 0 Å². The molecule has 0 heteroatoms. The highest BCUT2D eigenvalue weighted by Gasteiger charge is 1.99. The number of allylic oxidation sites excluding steroid dienone is 2. The third-order valence-corrected chi connectivity index (χ3v) is 2.53. The molecule has 0 fully saturated rings. The van der Waals surface area contributed by atoms with Crippen LogP contribution in [0.25, 0.3) is 0 Å². The Morgan fingerprint density at radius 1 is 1.29 bits per heavy atom. The molecule has 0 saturated heterocycles.